The van der Waals surface area contributed by atoms with E-state index in [2.05, 4.69) is 32.4 Å². The molecule has 5 heteroatoms. The van der Waals surface area contributed by atoms with Crippen LogP contribution in [0.3, 0.4) is 0 Å². The molecule has 5 rings (SSSR count). The first-order chi connectivity index (χ1) is 13.7. The predicted octanol–water partition coefficient (Wildman–Crippen LogP) is 4.47. The maximum absolute atomic E-state index is 12.9. The summed E-state index contributed by atoms with van der Waals surface area (Å²) in [4.78, 5) is 24.9. The van der Waals surface area contributed by atoms with Crippen LogP contribution in [0.25, 0.3) is 11.0 Å². The number of aromatic nitrogens is 2. The average Bonchev–Trinajstić information content (AvgIpc) is 3.34. The fourth-order valence-corrected chi connectivity index (χ4v) is 3.64. The zero-order valence-corrected chi connectivity index (χ0v) is 15.4. The lowest BCUT2D eigenvalue weighted by atomic mass is 9.99. The number of rotatable bonds is 3. The molecule has 28 heavy (non-hydrogen) atoms. The molecule has 0 fully saturated rings. The van der Waals surface area contributed by atoms with E-state index in [4.69, 9.17) is 0 Å². The molecule has 0 radical (unpaired) electrons. The number of benzene rings is 3. The Balaban J connectivity index is 1.46. The standard InChI is InChI=1S/C23H18N4O/c1-14-9-20-21(26-13-25-20)11-18(14)23(28)27-17-8-7-16-12-24-22(19(16)10-17)15-5-3-2-4-6-15/h2-11,13H,12H2,1H3,(H,25,26)(H,27,28). The van der Waals surface area contributed by atoms with Gasteiger partial charge in [0, 0.05) is 22.4 Å². The topological polar surface area (TPSA) is 70.1 Å². The van der Waals surface area contributed by atoms with E-state index in [0.717, 1.165) is 39.1 Å². The number of hydrogen-bond donors (Lipinski definition) is 2. The molecule has 0 aliphatic carbocycles. The molecule has 136 valence electrons. The van der Waals surface area contributed by atoms with Gasteiger partial charge in [-0.15, -0.1) is 0 Å². The van der Waals surface area contributed by atoms with E-state index in [1.807, 2.05) is 55.5 Å². The molecule has 0 spiro atoms. The molecule has 0 saturated carbocycles. The number of carbonyl (C=O) groups is 1. The van der Waals surface area contributed by atoms with Crippen molar-refractivity contribution in [2.75, 3.05) is 5.32 Å². The second-order valence-corrected chi connectivity index (χ2v) is 6.94. The largest absolute Gasteiger partial charge is 0.345 e. The van der Waals surface area contributed by atoms with E-state index in [9.17, 15) is 4.79 Å². The van der Waals surface area contributed by atoms with Gasteiger partial charge in [0.15, 0.2) is 0 Å². The Morgan fingerprint density at radius 1 is 1.07 bits per heavy atom. The number of aromatic amines is 1. The van der Waals surface area contributed by atoms with Crippen molar-refractivity contribution < 1.29 is 4.79 Å². The highest BCUT2D eigenvalue weighted by Gasteiger charge is 2.19. The zero-order chi connectivity index (χ0) is 19.1. The highest BCUT2D eigenvalue weighted by atomic mass is 16.1. The smallest absolute Gasteiger partial charge is 0.256 e. The summed E-state index contributed by atoms with van der Waals surface area (Å²) in [7, 11) is 0. The number of nitrogens with zero attached hydrogens (tertiary/aromatic N) is 2. The Labute approximate surface area is 162 Å². The van der Waals surface area contributed by atoms with E-state index >= 15 is 0 Å². The van der Waals surface area contributed by atoms with E-state index in [1.54, 1.807) is 6.33 Å². The summed E-state index contributed by atoms with van der Waals surface area (Å²) in [5, 5.41) is 3.03. The van der Waals surface area contributed by atoms with Crippen molar-refractivity contribution in [3.63, 3.8) is 0 Å². The van der Waals surface area contributed by atoms with E-state index in [-0.39, 0.29) is 5.91 Å². The van der Waals surface area contributed by atoms with Gasteiger partial charge in [0.2, 0.25) is 0 Å². The van der Waals surface area contributed by atoms with E-state index < -0.39 is 0 Å². The molecule has 5 nitrogen and oxygen atoms in total. The third-order valence-electron chi connectivity index (χ3n) is 5.09. The van der Waals surface area contributed by atoms with Gasteiger partial charge in [-0.3, -0.25) is 9.79 Å². The van der Waals surface area contributed by atoms with Crippen molar-refractivity contribution in [3.05, 3.63) is 94.8 Å². The molecule has 1 aromatic heterocycles. The summed E-state index contributed by atoms with van der Waals surface area (Å²) in [5.74, 6) is -0.140. The van der Waals surface area contributed by atoms with Crippen LogP contribution < -0.4 is 5.32 Å². The molecule has 0 saturated heterocycles. The quantitative estimate of drug-likeness (QED) is 0.561. The van der Waals surface area contributed by atoms with Crippen molar-refractivity contribution in [3.8, 4) is 0 Å². The molecular weight excluding hydrogens is 348 g/mol. The van der Waals surface area contributed by atoms with Gasteiger partial charge in [0.05, 0.1) is 29.6 Å². The number of nitrogens with one attached hydrogen (secondary N) is 2. The summed E-state index contributed by atoms with van der Waals surface area (Å²) in [6, 6.07) is 19.9. The number of H-pyrrole nitrogens is 1. The van der Waals surface area contributed by atoms with E-state index in [0.29, 0.717) is 12.1 Å². The maximum Gasteiger partial charge on any atom is 0.256 e. The van der Waals surface area contributed by atoms with Crippen molar-refractivity contribution in [1.29, 1.82) is 0 Å². The van der Waals surface area contributed by atoms with Crippen molar-refractivity contribution >= 4 is 28.3 Å². The number of aryl methyl sites for hydroxylation is 1. The maximum atomic E-state index is 12.9. The second-order valence-electron chi connectivity index (χ2n) is 6.94. The predicted molar refractivity (Wildman–Crippen MR) is 111 cm³/mol. The molecule has 2 heterocycles. The zero-order valence-electron chi connectivity index (χ0n) is 15.4. The molecule has 0 bridgehead atoms. The lowest BCUT2D eigenvalue weighted by Gasteiger charge is -2.10. The molecule has 2 N–H and O–H groups in total. The molecule has 1 amide bonds. The van der Waals surface area contributed by atoms with Crippen LogP contribution in [0.5, 0.6) is 0 Å². The Hall–Kier alpha value is -3.73. The molecule has 3 aromatic carbocycles. The second kappa shape index (κ2) is 6.46. The van der Waals surface area contributed by atoms with Gasteiger partial charge >= 0.3 is 0 Å². The highest BCUT2D eigenvalue weighted by Crippen LogP contribution is 2.27. The Kier molecular flexibility index (Phi) is 3.79. The van der Waals surface area contributed by atoms with Gasteiger partial charge in [-0.2, -0.15) is 0 Å². The monoisotopic (exact) mass is 366 g/mol. The van der Waals surface area contributed by atoms with Crippen LogP contribution in [0.15, 0.2) is 72.0 Å². The normalized spacial score (nSPS) is 12.7. The van der Waals surface area contributed by atoms with Crippen molar-refractivity contribution in [1.82, 2.24) is 9.97 Å². The minimum Gasteiger partial charge on any atom is -0.345 e. The lowest BCUT2D eigenvalue weighted by Crippen LogP contribution is -2.14. The minimum absolute atomic E-state index is 0.140. The minimum atomic E-state index is -0.140. The van der Waals surface area contributed by atoms with Crippen LogP contribution in [-0.2, 0) is 6.54 Å². The molecule has 0 atom stereocenters. The fourth-order valence-electron chi connectivity index (χ4n) is 3.64. The third kappa shape index (κ3) is 2.77. The number of carbonyl (C=O) groups excluding carboxylic acids is 1. The van der Waals surface area contributed by atoms with Gasteiger partial charge in [-0.25, -0.2) is 4.98 Å². The van der Waals surface area contributed by atoms with Gasteiger partial charge in [0.1, 0.15) is 0 Å². The summed E-state index contributed by atoms with van der Waals surface area (Å²) >= 11 is 0. The van der Waals surface area contributed by atoms with E-state index in [1.165, 1.54) is 5.56 Å². The Morgan fingerprint density at radius 2 is 1.93 bits per heavy atom. The first-order valence-electron chi connectivity index (χ1n) is 9.17. The number of imidazole rings is 1. The van der Waals surface area contributed by atoms with Crippen molar-refractivity contribution in [2.24, 2.45) is 4.99 Å². The summed E-state index contributed by atoms with van der Waals surface area (Å²) in [5.41, 5.74) is 8.30. The number of anilines is 1. The SMILES string of the molecule is Cc1cc2[nH]cnc2cc1C(=O)Nc1ccc2c(c1)C(c1ccccc1)=NC2. The van der Waals surface area contributed by atoms with Crippen LogP contribution in [0.4, 0.5) is 5.69 Å². The van der Waals surface area contributed by atoms with Crippen molar-refractivity contribution in [2.45, 2.75) is 13.5 Å². The number of aliphatic imine (C=N–C) groups is 1. The molecule has 1 aliphatic rings. The number of fused-ring (bicyclic) bond motifs is 2. The van der Waals surface area contributed by atoms with Gasteiger partial charge in [-0.05, 0) is 42.3 Å². The fraction of sp³-hybridized carbons (Fsp3) is 0.0870. The summed E-state index contributed by atoms with van der Waals surface area (Å²) in [6.45, 7) is 2.60. The highest BCUT2D eigenvalue weighted by molar-refractivity contribution is 6.16. The van der Waals surface area contributed by atoms with Crippen LogP contribution >= 0.6 is 0 Å². The molecule has 0 unspecified atom stereocenters. The van der Waals surface area contributed by atoms with Gasteiger partial charge in [0.25, 0.3) is 5.91 Å². The molecular formula is C23H18N4O. The Morgan fingerprint density at radius 3 is 2.79 bits per heavy atom. The van der Waals surface area contributed by atoms with Gasteiger partial charge < -0.3 is 10.3 Å². The number of amides is 1. The van der Waals surface area contributed by atoms with Crippen LogP contribution in [0.1, 0.15) is 32.6 Å². The molecule has 1 aliphatic heterocycles. The Bertz CT molecular complexity index is 1240. The first kappa shape index (κ1) is 16.4. The van der Waals surface area contributed by atoms with Gasteiger partial charge in [-0.1, -0.05) is 36.4 Å². The number of hydrogen-bond acceptors (Lipinski definition) is 3. The van der Waals surface area contributed by atoms with Crippen LogP contribution in [0, 0.1) is 6.92 Å². The lowest BCUT2D eigenvalue weighted by molar-refractivity contribution is 0.102. The first-order valence-corrected chi connectivity index (χ1v) is 9.17. The summed E-state index contributed by atoms with van der Waals surface area (Å²) < 4.78 is 0. The van der Waals surface area contributed by atoms with Crippen LogP contribution in [0.2, 0.25) is 0 Å². The van der Waals surface area contributed by atoms with Crippen LogP contribution in [-0.4, -0.2) is 21.6 Å². The average molecular weight is 366 g/mol. The molecule has 4 aromatic rings. The summed E-state index contributed by atoms with van der Waals surface area (Å²) in [6.07, 6.45) is 1.64. The third-order valence-corrected chi connectivity index (χ3v) is 5.09.